The van der Waals surface area contributed by atoms with Gasteiger partial charge < -0.3 is 10.6 Å². The van der Waals surface area contributed by atoms with Crippen LogP contribution in [0, 0.1) is 17.3 Å². The predicted octanol–water partition coefficient (Wildman–Crippen LogP) is 0.380. The van der Waals surface area contributed by atoms with E-state index in [2.05, 4.69) is 22.5 Å². The van der Waals surface area contributed by atoms with E-state index in [0.717, 1.165) is 6.26 Å². The lowest BCUT2D eigenvalue weighted by Gasteiger charge is -2.07. The van der Waals surface area contributed by atoms with E-state index in [9.17, 15) is 13.2 Å². The van der Waals surface area contributed by atoms with Crippen molar-refractivity contribution in [2.75, 3.05) is 25.1 Å². The molecule has 0 atom stereocenters. The van der Waals surface area contributed by atoms with Crippen LogP contribution in [0.3, 0.4) is 0 Å². The van der Waals surface area contributed by atoms with E-state index in [-0.39, 0.29) is 24.3 Å². The first-order valence-electron chi connectivity index (χ1n) is 5.30. The summed E-state index contributed by atoms with van der Waals surface area (Å²) in [6, 6.07) is -0.406. The second-order valence-corrected chi connectivity index (χ2v) is 7.05. The van der Waals surface area contributed by atoms with Crippen LogP contribution < -0.4 is 10.6 Å². The van der Waals surface area contributed by atoms with E-state index in [1.165, 1.54) is 0 Å². The molecule has 98 valence electrons. The molecule has 0 unspecified atom stereocenters. The maximum absolute atomic E-state index is 11.2. The number of carbonyl (C=O) groups excluding carboxylic acids is 1. The minimum Gasteiger partial charge on any atom is -0.337 e. The highest BCUT2D eigenvalue weighted by Gasteiger charge is 2.04. The lowest BCUT2D eigenvalue weighted by Crippen LogP contribution is -2.38. The van der Waals surface area contributed by atoms with Crippen LogP contribution >= 0.6 is 0 Å². The van der Waals surface area contributed by atoms with Crippen LogP contribution in [0.2, 0.25) is 0 Å². The molecule has 0 rings (SSSR count). The number of nitrogens with one attached hydrogen (secondary N) is 2. The topological polar surface area (TPSA) is 75.3 Å². The molecule has 0 aliphatic carbocycles. The average Bonchev–Trinajstić information content (AvgIpc) is 2.09. The average molecular weight is 260 g/mol. The standard InChI is InChI=1S/C11H20N2O3S/c1-11(2,3)6-5-7-12-10(14)13-8-9-17(4,15)16/h7-9H2,1-4H3,(H2,12,13,14). The third-order valence-electron chi connectivity index (χ3n) is 1.56. The minimum absolute atomic E-state index is 0.0614. The molecule has 0 saturated heterocycles. The van der Waals surface area contributed by atoms with Crippen LogP contribution in [-0.4, -0.2) is 39.5 Å². The summed E-state index contributed by atoms with van der Waals surface area (Å²) < 4.78 is 21.6. The quantitative estimate of drug-likeness (QED) is 0.718. The van der Waals surface area contributed by atoms with Crippen molar-refractivity contribution in [3.05, 3.63) is 0 Å². The van der Waals surface area contributed by atoms with Crippen molar-refractivity contribution in [1.82, 2.24) is 10.6 Å². The summed E-state index contributed by atoms with van der Waals surface area (Å²) in [5.74, 6) is 5.73. The Labute approximate surface area is 103 Å². The Hall–Kier alpha value is -1.22. The molecule has 0 aliphatic heterocycles. The Kier molecular flexibility index (Phi) is 6.03. The fraction of sp³-hybridized carbons (Fsp3) is 0.727. The Morgan fingerprint density at radius 2 is 1.82 bits per heavy atom. The highest BCUT2D eigenvalue weighted by molar-refractivity contribution is 7.90. The third kappa shape index (κ3) is 12.7. The van der Waals surface area contributed by atoms with Gasteiger partial charge >= 0.3 is 6.03 Å². The van der Waals surface area contributed by atoms with Gasteiger partial charge in [0.2, 0.25) is 0 Å². The third-order valence-corrected chi connectivity index (χ3v) is 2.50. The summed E-state index contributed by atoms with van der Waals surface area (Å²) in [6.07, 6.45) is 1.13. The largest absolute Gasteiger partial charge is 0.337 e. The molecule has 0 aromatic heterocycles. The minimum atomic E-state index is -3.03. The first kappa shape index (κ1) is 15.8. The second kappa shape index (κ2) is 6.50. The Morgan fingerprint density at radius 3 is 2.29 bits per heavy atom. The van der Waals surface area contributed by atoms with Gasteiger partial charge in [0.1, 0.15) is 9.84 Å². The van der Waals surface area contributed by atoms with E-state index >= 15 is 0 Å². The number of rotatable bonds is 4. The highest BCUT2D eigenvalue weighted by atomic mass is 32.2. The highest BCUT2D eigenvalue weighted by Crippen LogP contribution is 2.09. The molecule has 0 bridgehead atoms. The molecule has 0 radical (unpaired) electrons. The Bertz CT molecular complexity index is 410. The Balaban J connectivity index is 3.78. The van der Waals surface area contributed by atoms with Crippen LogP contribution in [0.4, 0.5) is 4.79 Å². The van der Waals surface area contributed by atoms with Gasteiger partial charge in [0.05, 0.1) is 12.3 Å². The van der Waals surface area contributed by atoms with Gasteiger partial charge in [-0.25, -0.2) is 13.2 Å². The zero-order chi connectivity index (χ0) is 13.5. The van der Waals surface area contributed by atoms with Crippen molar-refractivity contribution in [3.63, 3.8) is 0 Å². The molecule has 0 aliphatic rings. The van der Waals surface area contributed by atoms with Crippen LogP contribution in [0.1, 0.15) is 20.8 Å². The van der Waals surface area contributed by atoms with Crippen molar-refractivity contribution >= 4 is 15.9 Å². The number of sulfone groups is 1. The van der Waals surface area contributed by atoms with Gasteiger partial charge in [0, 0.05) is 18.2 Å². The Morgan fingerprint density at radius 1 is 1.24 bits per heavy atom. The van der Waals surface area contributed by atoms with Crippen LogP contribution in [0.15, 0.2) is 0 Å². The normalized spacial score (nSPS) is 11.3. The zero-order valence-electron chi connectivity index (χ0n) is 10.8. The molecule has 5 nitrogen and oxygen atoms in total. The molecule has 0 aromatic carbocycles. The number of hydrogen-bond donors (Lipinski definition) is 2. The first-order valence-corrected chi connectivity index (χ1v) is 7.36. The van der Waals surface area contributed by atoms with Crippen LogP contribution in [-0.2, 0) is 9.84 Å². The molecule has 6 heteroatoms. The number of carbonyl (C=O) groups is 1. The van der Waals surface area contributed by atoms with Gasteiger partial charge in [0.15, 0.2) is 0 Å². The monoisotopic (exact) mass is 260 g/mol. The smallest absolute Gasteiger partial charge is 0.315 e. The van der Waals surface area contributed by atoms with Crippen LogP contribution in [0.25, 0.3) is 0 Å². The van der Waals surface area contributed by atoms with Crippen molar-refractivity contribution in [2.45, 2.75) is 20.8 Å². The van der Waals surface area contributed by atoms with E-state index in [0.29, 0.717) is 0 Å². The summed E-state index contributed by atoms with van der Waals surface area (Å²) in [4.78, 5) is 11.2. The summed E-state index contributed by atoms with van der Waals surface area (Å²) in [5.41, 5.74) is -0.0888. The summed E-state index contributed by atoms with van der Waals surface area (Å²) in [7, 11) is -3.03. The van der Waals surface area contributed by atoms with E-state index in [1.54, 1.807) is 0 Å². The first-order chi connectivity index (χ1) is 7.60. The zero-order valence-corrected chi connectivity index (χ0v) is 11.6. The van der Waals surface area contributed by atoms with E-state index in [1.807, 2.05) is 20.8 Å². The van der Waals surface area contributed by atoms with Crippen molar-refractivity contribution in [1.29, 1.82) is 0 Å². The molecular weight excluding hydrogens is 240 g/mol. The van der Waals surface area contributed by atoms with Gasteiger partial charge in [-0.3, -0.25) is 0 Å². The number of urea groups is 1. The molecule has 0 spiro atoms. The summed E-state index contributed by atoms with van der Waals surface area (Å²) in [6.45, 7) is 6.30. The lowest BCUT2D eigenvalue weighted by atomic mass is 9.98. The molecule has 2 N–H and O–H groups in total. The summed E-state index contributed by atoms with van der Waals surface area (Å²) >= 11 is 0. The maximum Gasteiger partial charge on any atom is 0.315 e. The van der Waals surface area contributed by atoms with Crippen molar-refractivity contribution < 1.29 is 13.2 Å². The van der Waals surface area contributed by atoms with Crippen molar-refractivity contribution in [2.24, 2.45) is 5.41 Å². The van der Waals surface area contributed by atoms with Crippen molar-refractivity contribution in [3.8, 4) is 11.8 Å². The lowest BCUT2D eigenvalue weighted by molar-refractivity contribution is 0.242. The second-order valence-electron chi connectivity index (χ2n) is 4.79. The number of hydrogen-bond acceptors (Lipinski definition) is 3. The molecule has 0 heterocycles. The molecule has 0 aromatic rings. The molecular formula is C11H20N2O3S. The van der Waals surface area contributed by atoms with Crippen LogP contribution in [0.5, 0.6) is 0 Å². The number of amides is 2. The maximum atomic E-state index is 11.2. The molecule has 0 fully saturated rings. The molecule has 17 heavy (non-hydrogen) atoms. The van der Waals surface area contributed by atoms with Gasteiger partial charge in [-0.15, -0.1) is 0 Å². The van der Waals surface area contributed by atoms with Gasteiger partial charge in [-0.05, 0) is 20.8 Å². The van der Waals surface area contributed by atoms with Gasteiger partial charge in [-0.1, -0.05) is 11.8 Å². The summed E-state index contributed by atoms with van der Waals surface area (Å²) in [5, 5.41) is 4.96. The van der Waals surface area contributed by atoms with Gasteiger partial charge in [-0.2, -0.15) is 0 Å². The van der Waals surface area contributed by atoms with E-state index in [4.69, 9.17) is 0 Å². The fourth-order valence-electron chi connectivity index (χ4n) is 0.846. The molecule has 0 saturated carbocycles. The predicted molar refractivity (Wildman–Crippen MR) is 68.3 cm³/mol. The molecule has 2 amide bonds. The van der Waals surface area contributed by atoms with Gasteiger partial charge in [0.25, 0.3) is 0 Å². The SMILES string of the molecule is CC(C)(C)C#CCNC(=O)NCCS(C)(=O)=O. The van der Waals surface area contributed by atoms with E-state index < -0.39 is 15.9 Å². The fourth-order valence-corrected chi connectivity index (χ4v) is 1.32.